The van der Waals surface area contributed by atoms with Crippen LogP contribution in [-0.2, 0) is 11.3 Å². The summed E-state index contributed by atoms with van der Waals surface area (Å²) < 4.78 is 9.05. The third-order valence-electron chi connectivity index (χ3n) is 6.51. The second kappa shape index (κ2) is 10.9. The highest BCUT2D eigenvalue weighted by Gasteiger charge is 2.19. The Labute approximate surface area is 220 Å². The predicted molar refractivity (Wildman–Crippen MR) is 151 cm³/mol. The number of aromatic nitrogens is 5. The quantitative estimate of drug-likeness (QED) is 0.235. The predicted octanol–water partition coefficient (Wildman–Crippen LogP) is 4.22. The first kappa shape index (κ1) is 25.3. The summed E-state index contributed by atoms with van der Waals surface area (Å²) in [5.41, 5.74) is 10.9. The lowest BCUT2D eigenvalue weighted by Crippen LogP contribution is -2.25. The van der Waals surface area contributed by atoms with E-state index in [9.17, 15) is 4.79 Å². The number of anilines is 1. The molecule has 0 aliphatic heterocycles. The highest BCUT2D eigenvalue weighted by Crippen LogP contribution is 2.24. The first-order valence-corrected chi connectivity index (χ1v) is 12.7. The van der Waals surface area contributed by atoms with Gasteiger partial charge in [0.25, 0.3) is 5.56 Å². The number of nitrogens with zero attached hydrogens (tertiary/aromatic N) is 6. The normalized spacial score (nSPS) is 11.8. The van der Waals surface area contributed by atoms with Crippen LogP contribution in [0.2, 0.25) is 0 Å². The number of ether oxygens (including phenoxy) is 1. The van der Waals surface area contributed by atoms with E-state index in [0.29, 0.717) is 54.2 Å². The number of nitrogen functional groups attached to an aromatic ring is 1. The van der Waals surface area contributed by atoms with Crippen LogP contribution in [0.3, 0.4) is 0 Å². The molecule has 0 fully saturated rings. The first-order valence-electron chi connectivity index (χ1n) is 12.7. The van der Waals surface area contributed by atoms with Crippen molar-refractivity contribution in [1.29, 1.82) is 0 Å². The zero-order valence-corrected chi connectivity index (χ0v) is 21.9. The van der Waals surface area contributed by atoms with Gasteiger partial charge < -0.3 is 10.5 Å². The Bertz CT molecular complexity index is 1700. The highest BCUT2D eigenvalue weighted by molar-refractivity contribution is 6.00. The van der Waals surface area contributed by atoms with E-state index in [0.717, 1.165) is 34.3 Å². The van der Waals surface area contributed by atoms with Crippen LogP contribution < -0.4 is 11.3 Å². The summed E-state index contributed by atoms with van der Waals surface area (Å²) in [6, 6.07) is 15.8. The molecule has 0 bridgehead atoms. The zero-order chi connectivity index (χ0) is 26.6. The molecule has 0 aliphatic rings. The Morgan fingerprint density at radius 3 is 2.66 bits per heavy atom. The fraction of sp³-hybridized carbons (Fsp3) is 0.276. The maximum atomic E-state index is 13.9. The van der Waals surface area contributed by atoms with Gasteiger partial charge in [0.2, 0.25) is 0 Å². The Kier molecular flexibility index (Phi) is 7.28. The second-order valence-corrected chi connectivity index (χ2v) is 9.25. The number of para-hydroxylation sites is 1. The van der Waals surface area contributed by atoms with E-state index >= 15 is 0 Å². The van der Waals surface area contributed by atoms with Gasteiger partial charge in [-0.1, -0.05) is 43.3 Å². The topological polar surface area (TPSA) is 113 Å². The molecule has 0 atom stereocenters. The van der Waals surface area contributed by atoms with Crippen molar-refractivity contribution in [3.63, 3.8) is 0 Å². The maximum Gasteiger partial charge on any atom is 0.263 e. The van der Waals surface area contributed by atoms with Crippen LogP contribution in [0.4, 0.5) is 5.82 Å². The van der Waals surface area contributed by atoms with Crippen LogP contribution in [0.15, 0.2) is 64.6 Å². The van der Waals surface area contributed by atoms with Gasteiger partial charge in [0.05, 0.1) is 36.2 Å². The van der Waals surface area contributed by atoms with Crippen LogP contribution in [-0.4, -0.2) is 50.3 Å². The molecule has 5 aromatic rings. The SMILES string of the molecule is CCCOCC/N=C\c1nn(Cc2cc3cccc(C)c3c(=O)n2-c2ccccc2C)c2ncnc(N)c12. The summed E-state index contributed by atoms with van der Waals surface area (Å²) >= 11 is 0. The minimum atomic E-state index is -0.0654. The van der Waals surface area contributed by atoms with Gasteiger partial charge in [-0.3, -0.25) is 14.4 Å². The number of rotatable bonds is 9. The highest BCUT2D eigenvalue weighted by atomic mass is 16.5. The minimum Gasteiger partial charge on any atom is -0.383 e. The Hall–Kier alpha value is -4.37. The molecule has 0 spiro atoms. The van der Waals surface area contributed by atoms with Crippen molar-refractivity contribution in [2.24, 2.45) is 4.99 Å². The molecular formula is C29H31N7O2. The van der Waals surface area contributed by atoms with E-state index in [2.05, 4.69) is 21.9 Å². The Morgan fingerprint density at radius 1 is 1.03 bits per heavy atom. The van der Waals surface area contributed by atoms with Crippen molar-refractivity contribution >= 4 is 33.8 Å². The monoisotopic (exact) mass is 509 g/mol. The minimum absolute atomic E-state index is 0.0654. The molecule has 5 rings (SSSR count). The number of pyridine rings is 1. The Morgan fingerprint density at radius 2 is 1.84 bits per heavy atom. The van der Waals surface area contributed by atoms with Crippen molar-refractivity contribution < 1.29 is 4.74 Å². The summed E-state index contributed by atoms with van der Waals surface area (Å²) in [4.78, 5) is 27.1. The zero-order valence-electron chi connectivity index (χ0n) is 21.9. The number of nitrogens with two attached hydrogens (primary N) is 1. The van der Waals surface area contributed by atoms with Crippen molar-refractivity contribution in [3.8, 4) is 5.69 Å². The van der Waals surface area contributed by atoms with Gasteiger partial charge in [0, 0.05) is 18.5 Å². The summed E-state index contributed by atoms with van der Waals surface area (Å²) in [6.45, 7) is 8.09. The first-order chi connectivity index (χ1) is 18.5. The van der Waals surface area contributed by atoms with Crippen LogP contribution in [0.1, 0.15) is 35.9 Å². The maximum absolute atomic E-state index is 13.9. The molecule has 0 amide bonds. The molecule has 0 saturated carbocycles. The van der Waals surface area contributed by atoms with E-state index in [1.54, 1.807) is 15.5 Å². The van der Waals surface area contributed by atoms with Gasteiger partial charge in [0.1, 0.15) is 17.8 Å². The number of fused-ring (bicyclic) bond motifs is 2. The van der Waals surface area contributed by atoms with Crippen molar-refractivity contribution in [3.05, 3.63) is 87.7 Å². The molecule has 38 heavy (non-hydrogen) atoms. The molecule has 9 nitrogen and oxygen atoms in total. The summed E-state index contributed by atoms with van der Waals surface area (Å²) in [5.74, 6) is 0.329. The number of hydrogen-bond donors (Lipinski definition) is 1. The molecule has 2 N–H and O–H groups in total. The van der Waals surface area contributed by atoms with Crippen molar-refractivity contribution in [2.45, 2.75) is 33.7 Å². The van der Waals surface area contributed by atoms with Crippen LogP contribution in [0.25, 0.3) is 27.5 Å². The molecular weight excluding hydrogens is 478 g/mol. The lowest BCUT2D eigenvalue weighted by molar-refractivity contribution is 0.142. The average Bonchev–Trinajstić information content (AvgIpc) is 3.25. The number of hydrogen-bond acceptors (Lipinski definition) is 7. The van der Waals surface area contributed by atoms with Crippen molar-refractivity contribution in [1.82, 2.24) is 24.3 Å². The second-order valence-electron chi connectivity index (χ2n) is 9.25. The fourth-order valence-electron chi connectivity index (χ4n) is 4.71. The molecule has 0 unspecified atom stereocenters. The van der Waals surface area contributed by atoms with Crippen LogP contribution >= 0.6 is 0 Å². The molecule has 194 valence electrons. The Balaban J connectivity index is 1.64. The van der Waals surface area contributed by atoms with Crippen LogP contribution in [0, 0.1) is 13.8 Å². The summed E-state index contributed by atoms with van der Waals surface area (Å²) in [6.07, 6.45) is 4.08. The van der Waals surface area contributed by atoms with E-state index in [-0.39, 0.29) is 5.56 Å². The van der Waals surface area contributed by atoms with Gasteiger partial charge in [-0.25, -0.2) is 14.6 Å². The van der Waals surface area contributed by atoms with Gasteiger partial charge in [-0.15, -0.1) is 0 Å². The van der Waals surface area contributed by atoms with Gasteiger partial charge in [-0.05, 0) is 48.9 Å². The number of aryl methyl sites for hydroxylation is 2. The molecule has 0 saturated heterocycles. The molecule has 9 heteroatoms. The van der Waals surface area contributed by atoms with Gasteiger partial charge in [0.15, 0.2) is 5.65 Å². The van der Waals surface area contributed by atoms with Crippen molar-refractivity contribution in [2.75, 3.05) is 25.5 Å². The number of benzene rings is 2. The number of aliphatic imine (C=N–C) groups is 1. The van der Waals surface area contributed by atoms with Gasteiger partial charge >= 0.3 is 0 Å². The summed E-state index contributed by atoms with van der Waals surface area (Å²) in [7, 11) is 0. The standard InChI is InChI=1S/C29H31N7O2/c1-4-13-38-14-12-31-16-23-26-27(30)32-18-33-28(26)35(34-23)17-22-15-21-10-7-9-20(3)25(21)29(37)36(22)24-11-6-5-8-19(24)2/h5-11,15-16,18H,4,12-14,17H2,1-3H3,(H2,30,32,33)/b31-16-. The fourth-order valence-corrected chi connectivity index (χ4v) is 4.71. The molecule has 2 aromatic carbocycles. The lowest BCUT2D eigenvalue weighted by Gasteiger charge is -2.17. The van der Waals surface area contributed by atoms with E-state index < -0.39 is 0 Å². The molecule has 0 radical (unpaired) electrons. The smallest absolute Gasteiger partial charge is 0.263 e. The summed E-state index contributed by atoms with van der Waals surface area (Å²) in [5, 5.41) is 7.01. The van der Waals surface area contributed by atoms with E-state index in [4.69, 9.17) is 15.6 Å². The average molecular weight is 510 g/mol. The van der Waals surface area contributed by atoms with Crippen LogP contribution in [0.5, 0.6) is 0 Å². The third-order valence-corrected chi connectivity index (χ3v) is 6.51. The van der Waals surface area contributed by atoms with Gasteiger partial charge in [-0.2, -0.15) is 5.10 Å². The molecule has 3 aromatic heterocycles. The molecule has 0 aliphatic carbocycles. The third kappa shape index (κ3) is 4.80. The largest absolute Gasteiger partial charge is 0.383 e. The van der Waals surface area contributed by atoms with E-state index in [1.165, 1.54) is 6.33 Å². The lowest BCUT2D eigenvalue weighted by atomic mass is 10.1. The molecule has 3 heterocycles. The van der Waals surface area contributed by atoms with E-state index in [1.807, 2.05) is 62.4 Å².